The second-order valence-corrected chi connectivity index (χ2v) is 7.40. The molecule has 0 spiro atoms. The number of thiocarbonyl (C=S) groups is 1. The molecule has 1 saturated heterocycles. The second kappa shape index (κ2) is 7.99. The number of nitrogens with one attached hydrogen (secondary N) is 1. The van der Waals surface area contributed by atoms with Crippen molar-refractivity contribution in [3.63, 3.8) is 0 Å². The number of benzene rings is 1. The second-order valence-electron chi connectivity index (χ2n) is 5.01. The molecule has 0 radical (unpaired) electrons. The van der Waals surface area contributed by atoms with Gasteiger partial charge in [-0.2, -0.15) is 0 Å². The van der Waals surface area contributed by atoms with E-state index in [-0.39, 0.29) is 23.5 Å². The van der Waals surface area contributed by atoms with E-state index in [0.717, 1.165) is 0 Å². The minimum atomic E-state index is -0.168. The van der Waals surface area contributed by atoms with Gasteiger partial charge in [-0.1, -0.05) is 35.6 Å². The van der Waals surface area contributed by atoms with Gasteiger partial charge >= 0.3 is 0 Å². The molecule has 23 heavy (non-hydrogen) atoms. The third-order valence-electron chi connectivity index (χ3n) is 3.34. The first-order chi connectivity index (χ1) is 10.9. The zero-order valence-corrected chi connectivity index (χ0v) is 15.2. The van der Waals surface area contributed by atoms with Crippen molar-refractivity contribution >= 4 is 57.4 Å². The highest BCUT2D eigenvalue weighted by molar-refractivity contribution is 8.24. The largest absolute Gasteiger partial charge is 0.497 e. The minimum absolute atomic E-state index is 0.0104. The maximum Gasteiger partial charge on any atom is 0.241 e. The molecule has 0 aliphatic carbocycles. The summed E-state index contributed by atoms with van der Waals surface area (Å²) in [5.74, 6) is 0.457. The number of halogens is 1. The highest BCUT2D eigenvalue weighted by atomic mass is 35.5. The Labute approximate surface area is 149 Å². The van der Waals surface area contributed by atoms with Gasteiger partial charge < -0.3 is 10.1 Å². The molecule has 1 aliphatic heterocycles. The third-order valence-corrected chi connectivity index (χ3v) is 5.16. The van der Waals surface area contributed by atoms with Crippen molar-refractivity contribution in [2.24, 2.45) is 0 Å². The molecule has 1 unspecified atom stereocenters. The van der Waals surface area contributed by atoms with Crippen molar-refractivity contribution in [2.45, 2.75) is 25.0 Å². The van der Waals surface area contributed by atoms with Crippen LogP contribution in [0.4, 0.5) is 5.69 Å². The van der Waals surface area contributed by atoms with Crippen molar-refractivity contribution in [2.75, 3.05) is 19.0 Å². The van der Waals surface area contributed by atoms with E-state index in [1.807, 2.05) is 6.92 Å². The summed E-state index contributed by atoms with van der Waals surface area (Å²) in [5, 5.41) is 3.06. The topological polar surface area (TPSA) is 58.6 Å². The van der Waals surface area contributed by atoms with E-state index in [1.165, 1.54) is 11.8 Å². The average Bonchev–Trinajstić information content (AvgIpc) is 2.75. The maximum atomic E-state index is 12.0. The van der Waals surface area contributed by atoms with E-state index >= 15 is 0 Å². The highest BCUT2D eigenvalue weighted by Crippen LogP contribution is 2.28. The van der Waals surface area contributed by atoms with Crippen LogP contribution in [-0.4, -0.2) is 39.9 Å². The zero-order valence-electron chi connectivity index (χ0n) is 12.8. The number of carbonyl (C=O) groups is 2. The molecule has 1 aromatic carbocycles. The van der Waals surface area contributed by atoms with Crippen LogP contribution in [0.2, 0.25) is 5.02 Å². The standard InChI is InChI=1S/C15H17ClN2O3S2/c1-9-14(20)18(15(22)23-9)7-3-4-13(19)17-12-8-10(21-2)5-6-11(12)16/h5-6,8-9H,3-4,7H2,1-2H3,(H,17,19). The lowest BCUT2D eigenvalue weighted by molar-refractivity contribution is -0.126. The Kier molecular flexibility index (Phi) is 6.26. The number of amides is 2. The fourth-order valence-corrected chi connectivity index (χ4v) is 3.73. The molecule has 8 heteroatoms. The maximum absolute atomic E-state index is 12.0. The van der Waals surface area contributed by atoms with E-state index in [0.29, 0.717) is 33.7 Å². The predicted molar refractivity (Wildman–Crippen MR) is 97.2 cm³/mol. The van der Waals surface area contributed by atoms with Crippen LogP contribution in [0.5, 0.6) is 5.75 Å². The van der Waals surface area contributed by atoms with Crippen LogP contribution in [0.3, 0.4) is 0 Å². The van der Waals surface area contributed by atoms with Crippen molar-refractivity contribution in [1.29, 1.82) is 0 Å². The minimum Gasteiger partial charge on any atom is -0.497 e. The Bertz CT molecular complexity index is 639. The smallest absolute Gasteiger partial charge is 0.241 e. The number of rotatable bonds is 6. The van der Waals surface area contributed by atoms with Gasteiger partial charge in [0.25, 0.3) is 0 Å². The number of thioether (sulfide) groups is 1. The Morgan fingerprint density at radius 3 is 2.87 bits per heavy atom. The van der Waals surface area contributed by atoms with Gasteiger partial charge in [0.2, 0.25) is 11.8 Å². The number of carbonyl (C=O) groups excluding carboxylic acids is 2. The van der Waals surface area contributed by atoms with Crippen LogP contribution in [0.1, 0.15) is 19.8 Å². The first kappa shape index (κ1) is 18.0. The molecule has 1 aliphatic rings. The summed E-state index contributed by atoms with van der Waals surface area (Å²) in [6.45, 7) is 2.28. The van der Waals surface area contributed by atoms with Crippen LogP contribution >= 0.6 is 35.6 Å². The van der Waals surface area contributed by atoms with Crippen LogP contribution in [0.25, 0.3) is 0 Å². The predicted octanol–water partition coefficient (Wildman–Crippen LogP) is 3.32. The Morgan fingerprint density at radius 1 is 1.52 bits per heavy atom. The number of nitrogens with zero attached hydrogens (tertiary/aromatic N) is 1. The Hall–Kier alpha value is -1.31. The van der Waals surface area contributed by atoms with Gasteiger partial charge in [-0.05, 0) is 25.5 Å². The SMILES string of the molecule is COc1ccc(Cl)c(NC(=O)CCCN2C(=O)C(C)SC2=S)c1. The fraction of sp³-hybridized carbons (Fsp3) is 0.400. The van der Waals surface area contributed by atoms with Gasteiger partial charge in [0.05, 0.1) is 23.1 Å². The lowest BCUT2D eigenvalue weighted by atomic mass is 10.2. The van der Waals surface area contributed by atoms with E-state index in [9.17, 15) is 9.59 Å². The summed E-state index contributed by atoms with van der Waals surface area (Å²) in [6.07, 6.45) is 0.811. The average molecular weight is 373 g/mol. The summed E-state index contributed by atoms with van der Waals surface area (Å²) in [6, 6.07) is 5.05. The van der Waals surface area contributed by atoms with Gasteiger partial charge in [0.1, 0.15) is 10.1 Å². The molecule has 2 amide bonds. The summed E-state index contributed by atoms with van der Waals surface area (Å²) in [7, 11) is 1.55. The molecule has 0 aromatic heterocycles. The van der Waals surface area contributed by atoms with E-state index in [4.69, 9.17) is 28.6 Å². The zero-order chi connectivity index (χ0) is 17.0. The normalized spacial score (nSPS) is 17.5. The Balaban J connectivity index is 1.84. The van der Waals surface area contributed by atoms with Crippen LogP contribution in [-0.2, 0) is 9.59 Å². The molecule has 0 saturated carbocycles. The van der Waals surface area contributed by atoms with E-state index in [2.05, 4.69) is 5.32 Å². The highest BCUT2D eigenvalue weighted by Gasteiger charge is 2.33. The molecule has 1 fully saturated rings. The quantitative estimate of drug-likeness (QED) is 0.776. The van der Waals surface area contributed by atoms with E-state index in [1.54, 1.807) is 30.2 Å². The number of methoxy groups -OCH3 is 1. The van der Waals surface area contributed by atoms with Gasteiger partial charge in [-0.15, -0.1) is 0 Å². The molecule has 1 atom stereocenters. The van der Waals surface area contributed by atoms with Crippen molar-refractivity contribution in [3.05, 3.63) is 23.2 Å². The first-order valence-electron chi connectivity index (χ1n) is 7.07. The number of hydrogen-bond donors (Lipinski definition) is 1. The first-order valence-corrected chi connectivity index (χ1v) is 8.74. The molecule has 1 aromatic rings. The fourth-order valence-electron chi connectivity index (χ4n) is 2.11. The van der Waals surface area contributed by atoms with Gasteiger partial charge in [0, 0.05) is 19.0 Å². The lowest BCUT2D eigenvalue weighted by Gasteiger charge is -2.15. The Morgan fingerprint density at radius 2 is 2.26 bits per heavy atom. The lowest BCUT2D eigenvalue weighted by Crippen LogP contribution is -2.32. The molecule has 2 rings (SSSR count). The van der Waals surface area contributed by atoms with Gasteiger partial charge in [0.15, 0.2) is 0 Å². The number of hydrogen-bond acceptors (Lipinski definition) is 5. The summed E-state index contributed by atoms with van der Waals surface area (Å²) in [4.78, 5) is 25.5. The van der Waals surface area contributed by atoms with E-state index < -0.39 is 0 Å². The summed E-state index contributed by atoms with van der Waals surface area (Å²) >= 11 is 12.6. The molecule has 1 heterocycles. The van der Waals surface area contributed by atoms with Gasteiger partial charge in [-0.3, -0.25) is 14.5 Å². The molecular formula is C15H17ClN2O3S2. The van der Waals surface area contributed by atoms with Crippen molar-refractivity contribution in [1.82, 2.24) is 4.90 Å². The molecule has 0 bridgehead atoms. The third kappa shape index (κ3) is 4.59. The van der Waals surface area contributed by atoms with Crippen molar-refractivity contribution in [3.8, 4) is 5.75 Å². The van der Waals surface area contributed by atoms with Gasteiger partial charge in [-0.25, -0.2) is 0 Å². The number of ether oxygens (including phenoxy) is 1. The number of anilines is 1. The summed E-state index contributed by atoms with van der Waals surface area (Å²) in [5.41, 5.74) is 0.507. The molecular weight excluding hydrogens is 356 g/mol. The van der Waals surface area contributed by atoms with Crippen LogP contribution < -0.4 is 10.1 Å². The monoisotopic (exact) mass is 372 g/mol. The summed E-state index contributed by atoms with van der Waals surface area (Å²) < 4.78 is 5.69. The van der Waals surface area contributed by atoms with Crippen LogP contribution in [0, 0.1) is 0 Å². The molecule has 124 valence electrons. The van der Waals surface area contributed by atoms with Crippen molar-refractivity contribution < 1.29 is 14.3 Å². The molecule has 1 N–H and O–H groups in total. The molecule has 5 nitrogen and oxygen atoms in total. The van der Waals surface area contributed by atoms with Crippen LogP contribution in [0.15, 0.2) is 18.2 Å².